The highest BCUT2D eigenvalue weighted by Gasteiger charge is 2.25. The zero-order chi connectivity index (χ0) is 14.3. The molecule has 0 radical (unpaired) electrons. The van der Waals surface area contributed by atoms with Crippen LogP contribution in [0.3, 0.4) is 0 Å². The van der Waals surface area contributed by atoms with Crippen LogP contribution in [-0.2, 0) is 9.53 Å². The SMILES string of the molecule is CC(C)CCC(=O)NCC(C)(O)CN1CCOCC1. The van der Waals surface area contributed by atoms with E-state index in [1.165, 1.54) is 0 Å². The molecule has 1 unspecified atom stereocenters. The van der Waals surface area contributed by atoms with E-state index in [-0.39, 0.29) is 5.91 Å². The summed E-state index contributed by atoms with van der Waals surface area (Å²) in [5.41, 5.74) is -0.884. The van der Waals surface area contributed by atoms with Crippen molar-refractivity contribution in [1.82, 2.24) is 10.2 Å². The van der Waals surface area contributed by atoms with Gasteiger partial charge in [-0.05, 0) is 19.3 Å². The van der Waals surface area contributed by atoms with Gasteiger partial charge in [0.1, 0.15) is 0 Å². The second-order valence-electron chi connectivity index (χ2n) is 6.09. The van der Waals surface area contributed by atoms with Gasteiger partial charge in [-0.2, -0.15) is 0 Å². The van der Waals surface area contributed by atoms with Crippen LogP contribution in [0.2, 0.25) is 0 Å². The predicted octanol–water partition coefficient (Wildman–Crippen LogP) is 0.622. The molecule has 19 heavy (non-hydrogen) atoms. The third kappa shape index (κ3) is 7.50. The Balaban J connectivity index is 2.23. The van der Waals surface area contributed by atoms with Gasteiger partial charge >= 0.3 is 0 Å². The second kappa shape index (κ2) is 7.82. The van der Waals surface area contributed by atoms with Gasteiger partial charge in [-0.25, -0.2) is 0 Å². The van der Waals surface area contributed by atoms with Crippen molar-refractivity contribution in [2.45, 2.75) is 39.2 Å². The summed E-state index contributed by atoms with van der Waals surface area (Å²) in [6.45, 7) is 9.97. The van der Waals surface area contributed by atoms with Gasteiger partial charge in [0, 0.05) is 32.6 Å². The molecule has 1 rings (SSSR count). The summed E-state index contributed by atoms with van der Waals surface area (Å²) in [6, 6.07) is 0. The van der Waals surface area contributed by atoms with E-state index in [0.29, 0.717) is 25.4 Å². The van der Waals surface area contributed by atoms with Crippen molar-refractivity contribution in [3.63, 3.8) is 0 Å². The molecule has 1 aliphatic rings. The topological polar surface area (TPSA) is 61.8 Å². The van der Waals surface area contributed by atoms with Crippen molar-refractivity contribution < 1.29 is 14.6 Å². The smallest absolute Gasteiger partial charge is 0.220 e. The van der Waals surface area contributed by atoms with Gasteiger partial charge in [-0.15, -0.1) is 0 Å². The van der Waals surface area contributed by atoms with Crippen LogP contribution in [0.4, 0.5) is 0 Å². The minimum Gasteiger partial charge on any atom is -0.387 e. The lowest BCUT2D eigenvalue weighted by molar-refractivity contribution is -0.122. The van der Waals surface area contributed by atoms with Crippen LogP contribution >= 0.6 is 0 Å². The molecule has 0 aliphatic carbocycles. The van der Waals surface area contributed by atoms with Crippen molar-refractivity contribution in [3.8, 4) is 0 Å². The zero-order valence-corrected chi connectivity index (χ0v) is 12.4. The van der Waals surface area contributed by atoms with Crippen LogP contribution in [-0.4, -0.2) is 60.9 Å². The normalized spacial score (nSPS) is 20.3. The molecule has 112 valence electrons. The summed E-state index contributed by atoms with van der Waals surface area (Å²) in [5.74, 6) is 0.551. The monoisotopic (exact) mass is 272 g/mol. The van der Waals surface area contributed by atoms with Crippen LogP contribution < -0.4 is 5.32 Å². The van der Waals surface area contributed by atoms with Crippen molar-refractivity contribution in [2.75, 3.05) is 39.4 Å². The van der Waals surface area contributed by atoms with Crippen molar-refractivity contribution >= 4 is 5.91 Å². The Bertz CT molecular complexity index is 274. The third-order valence-electron chi connectivity index (χ3n) is 3.28. The maximum Gasteiger partial charge on any atom is 0.220 e. The highest BCUT2D eigenvalue weighted by molar-refractivity contribution is 5.75. The Kier molecular flexibility index (Phi) is 6.75. The Labute approximate surface area is 116 Å². The minimum atomic E-state index is -0.884. The number of nitrogens with zero attached hydrogens (tertiary/aromatic N) is 1. The summed E-state index contributed by atoms with van der Waals surface area (Å²) in [5, 5.41) is 13.1. The fourth-order valence-electron chi connectivity index (χ4n) is 2.09. The molecular weight excluding hydrogens is 244 g/mol. The van der Waals surface area contributed by atoms with E-state index in [0.717, 1.165) is 32.7 Å². The number of aliphatic hydroxyl groups is 1. The summed E-state index contributed by atoms with van der Waals surface area (Å²) < 4.78 is 5.27. The van der Waals surface area contributed by atoms with E-state index >= 15 is 0 Å². The maximum absolute atomic E-state index is 11.6. The van der Waals surface area contributed by atoms with Crippen molar-refractivity contribution in [2.24, 2.45) is 5.92 Å². The molecule has 0 aromatic rings. The van der Waals surface area contributed by atoms with Gasteiger partial charge in [0.2, 0.25) is 5.91 Å². The van der Waals surface area contributed by atoms with Crippen LogP contribution in [0, 0.1) is 5.92 Å². The number of carbonyl (C=O) groups excluding carboxylic acids is 1. The number of rotatable bonds is 7. The number of hydrogen-bond acceptors (Lipinski definition) is 4. The molecule has 1 saturated heterocycles. The van der Waals surface area contributed by atoms with Crippen LogP contribution in [0.25, 0.3) is 0 Å². The van der Waals surface area contributed by atoms with Crippen LogP contribution in [0.5, 0.6) is 0 Å². The summed E-state index contributed by atoms with van der Waals surface area (Å²) in [7, 11) is 0. The largest absolute Gasteiger partial charge is 0.387 e. The lowest BCUT2D eigenvalue weighted by Gasteiger charge is -2.33. The molecule has 1 amide bonds. The molecule has 5 heteroatoms. The number of nitrogens with one attached hydrogen (secondary N) is 1. The third-order valence-corrected chi connectivity index (χ3v) is 3.28. The number of β-amino-alcohol motifs (C(OH)–C–C–N with tert-alkyl or cyclic N) is 1. The number of amides is 1. The molecule has 1 aliphatic heterocycles. The van der Waals surface area contributed by atoms with Gasteiger partial charge in [0.05, 0.1) is 18.8 Å². The number of hydrogen-bond donors (Lipinski definition) is 2. The van der Waals surface area contributed by atoms with E-state index in [4.69, 9.17) is 4.74 Å². The van der Waals surface area contributed by atoms with E-state index < -0.39 is 5.60 Å². The molecule has 0 bridgehead atoms. The molecule has 1 heterocycles. The predicted molar refractivity (Wildman–Crippen MR) is 75.0 cm³/mol. The van der Waals surface area contributed by atoms with Crippen LogP contribution in [0.1, 0.15) is 33.6 Å². The highest BCUT2D eigenvalue weighted by Crippen LogP contribution is 2.08. The average Bonchev–Trinajstić information content (AvgIpc) is 2.34. The quantitative estimate of drug-likeness (QED) is 0.713. The lowest BCUT2D eigenvalue weighted by Crippen LogP contribution is -2.51. The lowest BCUT2D eigenvalue weighted by atomic mass is 10.1. The highest BCUT2D eigenvalue weighted by atomic mass is 16.5. The van der Waals surface area contributed by atoms with Gasteiger partial charge in [-0.3, -0.25) is 9.69 Å². The Morgan fingerprint density at radius 2 is 2.05 bits per heavy atom. The fraction of sp³-hybridized carbons (Fsp3) is 0.929. The Morgan fingerprint density at radius 3 is 2.63 bits per heavy atom. The van der Waals surface area contributed by atoms with Gasteiger partial charge in [0.25, 0.3) is 0 Å². The van der Waals surface area contributed by atoms with E-state index in [1.54, 1.807) is 6.92 Å². The first-order valence-electron chi connectivity index (χ1n) is 7.18. The molecule has 0 aromatic carbocycles. The minimum absolute atomic E-state index is 0.0240. The summed E-state index contributed by atoms with van der Waals surface area (Å²) >= 11 is 0. The Morgan fingerprint density at radius 1 is 1.42 bits per heavy atom. The zero-order valence-electron chi connectivity index (χ0n) is 12.4. The standard InChI is InChI=1S/C14H28N2O3/c1-12(2)4-5-13(17)15-10-14(3,18)11-16-6-8-19-9-7-16/h12,18H,4-11H2,1-3H3,(H,15,17). The molecule has 2 N–H and O–H groups in total. The van der Waals surface area contributed by atoms with E-state index in [1.807, 2.05) is 0 Å². The van der Waals surface area contributed by atoms with Crippen molar-refractivity contribution in [1.29, 1.82) is 0 Å². The number of morpholine rings is 1. The Hall–Kier alpha value is -0.650. The van der Waals surface area contributed by atoms with Crippen molar-refractivity contribution in [3.05, 3.63) is 0 Å². The molecule has 0 spiro atoms. The maximum atomic E-state index is 11.6. The second-order valence-corrected chi connectivity index (χ2v) is 6.09. The molecule has 1 atom stereocenters. The molecule has 0 saturated carbocycles. The number of carbonyl (C=O) groups is 1. The van der Waals surface area contributed by atoms with E-state index in [9.17, 15) is 9.90 Å². The molecule has 1 fully saturated rings. The van der Waals surface area contributed by atoms with Crippen LogP contribution in [0.15, 0.2) is 0 Å². The van der Waals surface area contributed by atoms with Gasteiger partial charge in [0.15, 0.2) is 0 Å². The molecule has 5 nitrogen and oxygen atoms in total. The van der Waals surface area contributed by atoms with E-state index in [2.05, 4.69) is 24.1 Å². The first-order chi connectivity index (χ1) is 8.89. The van der Waals surface area contributed by atoms with Gasteiger partial charge in [-0.1, -0.05) is 13.8 Å². The number of ether oxygens (including phenoxy) is 1. The fourth-order valence-corrected chi connectivity index (χ4v) is 2.09. The first-order valence-corrected chi connectivity index (χ1v) is 7.18. The summed E-state index contributed by atoms with van der Waals surface area (Å²) in [6.07, 6.45) is 1.42. The molecular formula is C14H28N2O3. The van der Waals surface area contributed by atoms with Gasteiger partial charge < -0.3 is 15.2 Å². The molecule has 0 aromatic heterocycles. The summed E-state index contributed by atoms with van der Waals surface area (Å²) in [4.78, 5) is 13.8. The average molecular weight is 272 g/mol. The first kappa shape index (κ1) is 16.4.